The molecule has 0 saturated carbocycles. The van der Waals surface area contributed by atoms with Gasteiger partial charge in [0.05, 0.1) is 64.9 Å². The van der Waals surface area contributed by atoms with Gasteiger partial charge in [-0.2, -0.15) is 0 Å². The Morgan fingerprint density at radius 1 is 0.278 bits per heavy atom. The monoisotopic (exact) mass is 1600 g/mol. The summed E-state index contributed by atoms with van der Waals surface area (Å²) in [5.41, 5.74) is 0. The minimum Gasteiger partial charge on any atom is -1.00 e. The Balaban J connectivity index is -0.00000919. The summed E-state index contributed by atoms with van der Waals surface area (Å²) in [5.74, 6) is -0.660. The number of rotatable bonds is 87. The molecule has 0 aromatic rings. The zero-order chi connectivity index (χ0) is 77.6. The fourth-order valence-corrected chi connectivity index (χ4v) is 15.1. The van der Waals surface area contributed by atoms with Crippen LogP contribution in [-0.4, -0.2) is 111 Å². The van der Waals surface area contributed by atoms with Crippen molar-refractivity contribution in [1.29, 1.82) is 0 Å². The van der Waals surface area contributed by atoms with E-state index in [2.05, 4.69) is 52.2 Å². The van der Waals surface area contributed by atoms with Gasteiger partial charge in [0.2, 0.25) is 11.8 Å². The minimum atomic E-state index is -4.49. The van der Waals surface area contributed by atoms with Crippen molar-refractivity contribution in [3.8, 4) is 0 Å². The third kappa shape index (κ3) is 82.5. The van der Waals surface area contributed by atoms with Crippen molar-refractivity contribution in [1.82, 2.24) is 10.6 Å². The molecule has 0 heterocycles. The Morgan fingerprint density at radius 3 is 0.759 bits per heavy atom. The van der Waals surface area contributed by atoms with Crippen molar-refractivity contribution in [2.45, 2.75) is 477 Å². The van der Waals surface area contributed by atoms with Gasteiger partial charge in [-0.1, -0.05) is 350 Å². The third-order valence-electron chi connectivity index (χ3n) is 20.3. The first kappa shape index (κ1) is 112. The Kier molecular flexibility index (Phi) is 89.7. The molecule has 634 valence electrons. The number of carbonyl (C=O) groups is 4. The van der Waals surface area contributed by atoms with Crippen molar-refractivity contribution in [3.05, 3.63) is 0 Å². The molecule has 0 aromatic heterocycles. The molecule has 0 aliphatic heterocycles. The number of unbranched alkanes of at least 4 members (excludes halogenated alkanes) is 49. The van der Waals surface area contributed by atoms with Crippen LogP contribution in [-0.2, 0) is 65.4 Å². The number of amides is 2. The van der Waals surface area contributed by atoms with Gasteiger partial charge in [0.15, 0.2) is 0 Å². The zero-order valence-corrected chi connectivity index (χ0v) is 77.5. The number of hydrogen-bond acceptors (Lipinski definition) is 14. The van der Waals surface area contributed by atoms with E-state index in [-0.39, 0.29) is 151 Å². The van der Waals surface area contributed by atoms with Crippen LogP contribution in [0.4, 0.5) is 0 Å². The van der Waals surface area contributed by atoms with E-state index in [1.54, 1.807) is 0 Å². The van der Waals surface area contributed by atoms with Crippen molar-refractivity contribution in [2.75, 3.05) is 52.9 Å². The van der Waals surface area contributed by atoms with Crippen LogP contribution in [0.1, 0.15) is 455 Å². The summed E-state index contributed by atoms with van der Waals surface area (Å²) < 4.78 is 72.5. The Hall–Kier alpha value is 0.0200. The molecule has 0 radical (unpaired) electrons. The standard InChI is InChI=1S/C86H170N2O16P2.2Na.2H/c1-7-13-19-25-29-33-35-39-41-49-57-65-83(89)87-79(75-97-73-69-81(63-55-47-23-17-11-5)103-85(91)67-59-51-43-37-31-27-21-15-9-3)77-101-105(93,94)99-71-61-53-45-46-54-62-72-100-106(95,96)102-78-80(88-84(90)66-58-50-42-40-36-34-30-26-20-14-8-2)76-98-74-70-82(64-56-48-24-18-12-6)104-86(92)68-60-52-44-38-32-28-22-16-10-4;;;;/h79-82H,7-78H2,1-6H3,(H,87,89)(H,88,90)(H,93,94)(H,95,96);;;;/q;2*+1;2*-1/t79?,80?,81-,82-;;;;/m1..../s1. The molecule has 18 nitrogen and oxygen atoms in total. The fourth-order valence-electron chi connectivity index (χ4n) is 13.5. The number of phosphoric acid groups is 2. The summed E-state index contributed by atoms with van der Waals surface area (Å²) in [5, 5.41) is 5.98. The third-order valence-corrected chi connectivity index (χ3v) is 22.3. The maximum atomic E-state index is 13.3. The summed E-state index contributed by atoms with van der Waals surface area (Å²) in [6.07, 6.45) is 65.5. The van der Waals surface area contributed by atoms with E-state index in [0.29, 0.717) is 64.2 Å². The van der Waals surface area contributed by atoms with E-state index in [9.17, 15) is 38.1 Å². The summed E-state index contributed by atoms with van der Waals surface area (Å²) in [6.45, 7) is 13.4. The van der Waals surface area contributed by atoms with Gasteiger partial charge in [0.1, 0.15) is 12.2 Å². The molecule has 2 amide bonds. The SMILES string of the molecule is CCCCCCCCCCCCCC(=O)NC(COCC[C@@H](CCCCCCC)OC(=O)CCCCCCCCCCC)COP(=O)(O)OCCCCCCCCOP(=O)(O)OCC(COCC[C@@H](CCCCCCC)OC(=O)CCCCCCCCCCC)NC(=O)CCCCCCCCCCCCC.[H-].[H-].[Na+].[Na+]. The topological polar surface area (TPSA) is 241 Å². The van der Waals surface area contributed by atoms with E-state index >= 15 is 0 Å². The summed E-state index contributed by atoms with van der Waals surface area (Å²) in [4.78, 5) is 74.2. The van der Waals surface area contributed by atoms with Gasteiger partial charge in [-0.3, -0.25) is 37.3 Å². The van der Waals surface area contributed by atoms with Crippen LogP contribution in [0.2, 0.25) is 0 Å². The molecule has 0 aliphatic carbocycles. The zero-order valence-electron chi connectivity index (χ0n) is 73.7. The molecule has 4 unspecified atom stereocenters. The molecule has 6 atom stereocenters. The second-order valence-electron chi connectivity index (χ2n) is 30.9. The average molecular weight is 1600 g/mol. The quantitative estimate of drug-likeness (QED) is 0.0192. The summed E-state index contributed by atoms with van der Waals surface area (Å²) >= 11 is 0. The van der Waals surface area contributed by atoms with Crippen LogP contribution in [0.3, 0.4) is 0 Å². The average Bonchev–Trinajstić information content (AvgIpc) is 0.911. The first-order valence-electron chi connectivity index (χ1n) is 45.0. The molecule has 22 heteroatoms. The molecule has 0 fully saturated rings. The van der Waals surface area contributed by atoms with Gasteiger partial charge < -0.3 is 42.2 Å². The predicted molar refractivity (Wildman–Crippen MR) is 440 cm³/mol. The largest absolute Gasteiger partial charge is 1.00 e. The minimum absolute atomic E-state index is 0. The van der Waals surface area contributed by atoms with Gasteiger partial charge in [-0.25, -0.2) is 9.13 Å². The van der Waals surface area contributed by atoms with Crippen LogP contribution in [0.15, 0.2) is 0 Å². The molecule has 0 aromatic carbocycles. The van der Waals surface area contributed by atoms with Gasteiger partial charge in [0, 0.05) is 38.5 Å². The van der Waals surface area contributed by atoms with Crippen molar-refractivity contribution >= 4 is 39.4 Å². The first-order valence-corrected chi connectivity index (χ1v) is 48.0. The molecule has 0 bridgehead atoms. The number of phosphoric ester groups is 2. The fraction of sp³-hybridized carbons (Fsp3) is 0.953. The normalized spacial score (nSPS) is 13.7. The van der Waals surface area contributed by atoms with Crippen LogP contribution in [0.5, 0.6) is 0 Å². The Bertz CT molecular complexity index is 1920. The maximum absolute atomic E-state index is 13.3. The molecular formula is C86H172N2Na2O16P2. The smallest absolute Gasteiger partial charge is 1.00 e. The molecule has 108 heavy (non-hydrogen) atoms. The van der Waals surface area contributed by atoms with E-state index in [1.165, 1.54) is 180 Å². The number of ether oxygens (including phenoxy) is 4. The predicted octanol–water partition coefficient (Wildman–Crippen LogP) is 19.4. The van der Waals surface area contributed by atoms with Crippen LogP contribution in [0.25, 0.3) is 0 Å². The second kappa shape index (κ2) is 86.4. The van der Waals surface area contributed by atoms with Crippen LogP contribution in [0, 0.1) is 0 Å². The van der Waals surface area contributed by atoms with Gasteiger partial charge in [0.25, 0.3) is 0 Å². The van der Waals surface area contributed by atoms with E-state index in [1.807, 2.05) is 0 Å². The maximum Gasteiger partial charge on any atom is 1.00 e. The molecule has 0 saturated heterocycles. The Morgan fingerprint density at radius 2 is 0.500 bits per heavy atom. The van der Waals surface area contributed by atoms with Crippen LogP contribution >= 0.6 is 15.6 Å². The first-order chi connectivity index (χ1) is 51.6. The van der Waals surface area contributed by atoms with Crippen molar-refractivity contribution in [2.24, 2.45) is 0 Å². The number of esters is 2. The van der Waals surface area contributed by atoms with Gasteiger partial charge in [-0.05, 0) is 64.2 Å². The number of carbonyl (C=O) groups excluding carboxylic acids is 4. The van der Waals surface area contributed by atoms with Gasteiger partial charge in [-0.15, -0.1) is 0 Å². The van der Waals surface area contributed by atoms with Crippen LogP contribution < -0.4 is 69.7 Å². The molecule has 4 N–H and O–H groups in total. The number of hydrogen-bond donors (Lipinski definition) is 4. The van der Waals surface area contributed by atoms with Crippen molar-refractivity contribution < 1.29 is 137 Å². The summed E-state index contributed by atoms with van der Waals surface area (Å²) in [6, 6.07) is -1.41. The second-order valence-corrected chi connectivity index (χ2v) is 33.8. The molecule has 0 rings (SSSR count). The van der Waals surface area contributed by atoms with Gasteiger partial charge >= 0.3 is 86.7 Å². The molecule has 0 aliphatic rings. The van der Waals surface area contributed by atoms with E-state index in [4.69, 9.17) is 37.0 Å². The van der Waals surface area contributed by atoms with E-state index < -0.39 is 27.7 Å². The van der Waals surface area contributed by atoms with E-state index in [0.717, 1.165) is 167 Å². The Labute approximate surface area is 711 Å². The number of nitrogens with one attached hydrogen (secondary N) is 2. The molecular weight excluding hydrogens is 1420 g/mol. The van der Waals surface area contributed by atoms with Crippen molar-refractivity contribution in [3.63, 3.8) is 0 Å². The molecule has 0 spiro atoms. The summed E-state index contributed by atoms with van der Waals surface area (Å²) in [7, 11) is -8.97.